The summed E-state index contributed by atoms with van der Waals surface area (Å²) in [5.74, 6) is 1.83. The Labute approximate surface area is 297 Å². The van der Waals surface area contributed by atoms with E-state index in [1.54, 1.807) is 13.8 Å². The molecule has 0 radical (unpaired) electrons. The largest absolute Gasteiger partial charge is 0.390 e. The number of fused-ring (bicyclic) bond motifs is 5. The van der Waals surface area contributed by atoms with E-state index < -0.39 is 79.4 Å². The predicted molar refractivity (Wildman–Crippen MR) is 181 cm³/mol. The highest BCUT2D eigenvalue weighted by Crippen LogP contribution is 2.69. The highest BCUT2D eigenvalue weighted by Gasteiger charge is 2.67. The molecule has 0 aromatic carbocycles. The number of aliphatic hydroxyl groups is 5. The highest BCUT2D eigenvalue weighted by atomic mass is 16.7. The van der Waals surface area contributed by atoms with Crippen LogP contribution in [0.3, 0.4) is 0 Å². The fraction of sp³-hybridized carbons (Fsp3) is 1.00. The second-order valence-electron chi connectivity index (χ2n) is 17.8. The SMILES string of the molecule is C[C@H]1O[C@@H](O[C@H]2[C@@H](O)C[C@H](O[C@H]3[C@@H](O)C[C@H](O[C@H]4CC[C@@]5(C)[C@H](CC[C@@H]6[C@@H]5CC[C@]5(C)[C@@H](CN)CC[C@]65O)C4)O[C@@H]3C)O[C@@H]2C)C[C@H](O)[C@@H]1O. The maximum Gasteiger partial charge on any atom is 0.161 e. The summed E-state index contributed by atoms with van der Waals surface area (Å²) >= 11 is 0. The molecule has 0 aromatic rings. The first-order valence-electron chi connectivity index (χ1n) is 19.7. The lowest BCUT2D eigenvalue weighted by Gasteiger charge is -2.63. The minimum absolute atomic E-state index is 0.0617. The molecule has 7 N–H and O–H groups in total. The fourth-order valence-corrected chi connectivity index (χ4v) is 12.1. The summed E-state index contributed by atoms with van der Waals surface area (Å²) in [6.07, 6.45) is 1.15. The van der Waals surface area contributed by atoms with Gasteiger partial charge in [0.15, 0.2) is 18.9 Å². The first-order chi connectivity index (χ1) is 23.7. The molecule has 4 saturated carbocycles. The van der Waals surface area contributed by atoms with Gasteiger partial charge in [-0.1, -0.05) is 13.8 Å². The van der Waals surface area contributed by atoms with Crippen molar-refractivity contribution in [3.63, 3.8) is 0 Å². The summed E-state index contributed by atoms with van der Waals surface area (Å²) < 4.78 is 36.9. The van der Waals surface area contributed by atoms with Crippen molar-refractivity contribution in [2.45, 2.75) is 197 Å². The normalized spacial score (nSPS) is 57.1. The third kappa shape index (κ3) is 6.53. The maximum absolute atomic E-state index is 12.3. The molecule has 0 amide bonds. The Morgan fingerprint density at radius 2 is 1.22 bits per heavy atom. The summed E-state index contributed by atoms with van der Waals surface area (Å²) in [7, 11) is 0. The number of rotatable bonds is 7. The van der Waals surface area contributed by atoms with E-state index in [0.717, 1.165) is 51.4 Å². The number of aliphatic hydroxyl groups excluding tert-OH is 4. The quantitative estimate of drug-likeness (QED) is 0.213. The van der Waals surface area contributed by atoms with Crippen LogP contribution in [-0.2, 0) is 28.4 Å². The van der Waals surface area contributed by atoms with Crippen LogP contribution in [0.2, 0.25) is 0 Å². The first kappa shape index (κ1) is 37.8. The summed E-state index contributed by atoms with van der Waals surface area (Å²) in [5.41, 5.74) is 5.72. The van der Waals surface area contributed by atoms with Crippen molar-refractivity contribution in [1.29, 1.82) is 0 Å². The third-order valence-electron chi connectivity index (χ3n) is 15.2. The van der Waals surface area contributed by atoms with E-state index in [0.29, 0.717) is 30.2 Å². The van der Waals surface area contributed by atoms with Gasteiger partial charge in [0.25, 0.3) is 0 Å². The Hall–Kier alpha value is -0.480. The molecule has 7 fully saturated rings. The number of hydrogen-bond donors (Lipinski definition) is 6. The molecule has 0 aromatic heterocycles. The monoisotopic (exact) mass is 711 g/mol. The van der Waals surface area contributed by atoms with Crippen LogP contribution in [0.25, 0.3) is 0 Å². The second kappa shape index (κ2) is 14.3. The molecule has 20 atom stereocenters. The van der Waals surface area contributed by atoms with Crippen LogP contribution in [0.4, 0.5) is 0 Å². The summed E-state index contributed by atoms with van der Waals surface area (Å²) in [5, 5.41) is 54.6. The molecule has 7 rings (SSSR count). The zero-order valence-corrected chi connectivity index (χ0v) is 30.8. The molecule has 288 valence electrons. The van der Waals surface area contributed by atoms with Crippen molar-refractivity contribution in [2.75, 3.05) is 6.54 Å². The average molecular weight is 712 g/mol. The zero-order valence-electron chi connectivity index (χ0n) is 30.8. The molecule has 4 aliphatic carbocycles. The number of hydrogen-bond acceptors (Lipinski definition) is 12. The molecule has 0 unspecified atom stereocenters. The minimum atomic E-state index is -0.987. The van der Waals surface area contributed by atoms with Gasteiger partial charge in [-0.3, -0.25) is 0 Å². The molecule has 12 heteroatoms. The summed E-state index contributed by atoms with van der Waals surface area (Å²) in [4.78, 5) is 0. The van der Waals surface area contributed by atoms with Crippen molar-refractivity contribution in [3.8, 4) is 0 Å². The predicted octanol–water partition coefficient (Wildman–Crippen LogP) is 2.72. The Morgan fingerprint density at radius 3 is 1.80 bits per heavy atom. The standard InChI is InChI=1S/C38H65NO11/c1-19-33(43)27(40)15-31(45-19)49-35-21(3)47-32(17-29(35)42)50-34-20(2)46-30(16-28(34)41)48-24-9-11-36(4)22(14-24)6-7-26-25(36)10-12-37(5)23(18-39)8-13-38(26,37)44/h19-35,40-44H,6-18,39H2,1-5H3/t19-,20-,21-,22-,23-,24+,25+,26-,27+,28+,29+,30+,31+,32+,33-,34-,35-,36+,37-,38+/m1/s1. The van der Waals surface area contributed by atoms with Gasteiger partial charge in [0.1, 0.15) is 18.3 Å². The van der Waals surface area contributed by atoms with Crippen LogP contribution in [0.15, 0.2) is 0 Å². The van der Waals surface area contributed by atoms with Crippen molar-refractivity contribution in [3.05, 3.63) is 0 Å². The van der Waals surface area contributed by atoms with Gasteiger partial charge in [-0.05, 0) is 114 Å². The fourth-order valence-electron chi connectivity index (χ4n) is 12.1. The van der Waals surface area contributed by atoms with E-state index in [-0.39, 0.29) is 36.2 Å². The van der Waals surface area contributed by atoms with Gasteiger partial charge in [0.2, 0.25) is 0 Å². The Morgan fingerprint density at radius 1 is 0.640 bits per heavy atom. The molecular formula is C38H65NO11. The van der Waals surface area contributed by atoms with E-state index >= 15 is 0 Å². The lowest BCUT2D eigenvalue weighted by Crippen LogP contribution is -2.62. The molecule has 3 saturated heterocycles. The van der Waals surface area contributed by atoms with Gasteiger partial charge >= 0.3 is 0 Å². The molecule has 12 nitrogen and oxygen atoms in total. The molecule has 3 heterocycles. The van der Waals surface area contributed by atoms with Crippen LogP contribution in [0, 0.1) is 34.5 Å². The molecule has 7 aliphatic rings. The minimum Gasteiger partial charge on any atom is -0.390 e. The number of ether oxygens (including phenoxy) is 6. The van der Waals surface area contributed by atoms with Crippen LogP contribution in [0.5, 0.6) is 0 Å². The Bertz CT molecular complexity index is 1150. The van der Waals surface area contributed by atoms with Crippen LogP contribution in [-0.4, -0.2) is 118 Å². The van der Waals surface area contributed by atoms with E-state index in [9.17, 15) is 25.5 Å². The topological polar surface area (TPSA) is 183 Å². The van der Waals surface area contributed by atoms with Crippen LogP contribution >= 0.6 is 0 Å². The van der Waals surface area contributed by atoms with Gasteiger partial charge < -0.3 is 59.7 Å². The summed E-state index contributed by atoms with van der Waals surface area (Å²) in [6, 6.07) is 0. The van der Waals surface area contributed by atoms with Crippen LogP contribution < -0.4 is 5.73 Å². The van der Waals surface area contributed by atoms with Crippen molar-refractivity contribution >= 4 is 0 Å². The van der Waals surface area contributed by atoms with Crippen molar-refractivity contribution < 1.29 is 54.0 Å². The molecule has 0 spiro atoms. The van der Waals surface area contributed by atoms with Gasteiger partial charge in [-0.15, -0.1) is 0 Å². The lowest BCUT2D eigenvalue weighted by molar-refractivity contribution is -0.336. The third-order valence-corrected chi connectivity index (χ3v) is 15.2. The molecular weight excluding hydrogens is 646 g/mol. The highest BCUT2D eigenvalue weighted by molar-refractivity contribution is 5.17. The average Bonchev–Trinajstić information content (AvgIpc) is 3.33. The van der Waals surface area contributed by atoms with Gasteiger partial charge in [-0.2, -0.15) is 0 Å². The van der Waals surface area contributed by atoms with Gasteiger partial charge in [-0.25, -0.2) is 0 Å². The first-order valence-corrected chi connectivity index (χ1v) is 19.7. The number of nitrogens with two attached hydrogens (primary N) is 1. The van der Waals surface area contributed by atoms with Crippen molar-refractivity contribution in [2.24, 2.45) is 40.2 Å². The smallest absolute Gasteiger partial charge is 0.161 e. The van der Waals surface area contributed by atoms with E-state index in [4.69, 9.17) is 34.2 Å². The zero-order chi connectivity index (χ0) is 35.7. The van der Waals surface area contributed by atoms with E-state index in [1.807, 2.05) is 6.92 Å². The van der Waals surface area contributed by atoms with Gasteiger partial charge in [0, 0.05) is 24.7 Å². The van der Waals surface area contributed by atoms with Gasteiger partial charge in [0.05, 0.1) is 48.3 Å². The molecule has 50 heavy (non-hydrogen) atoms. The summed E-state index contributed by atoms with van der Waals surface area (Å²) in [6.45, 7) is 10.8. The molecule has 3 aliphatic heterocycles. The maximum atomic E-state index is 12.3. The Kier molecular flexibility index (Phi) is 10.8. The molecule has 0 bridgehead atoms. The lowest BCUT2D eigenvalue weighted by atomic mass is 9.43. The second-order valence-corrected chi connectivity index (χ2v) is 17.8. The van der Waals surface area contributed by atoms with Crippen molar-refractivity contribution in [1.82, 2.24) is 0 Å². The van der Waals surface area contributed by atoms with E-state index in [2.05, 4.69) is 13.8 Å². The van der Waals surface area contributed by atoms with E-state index in [1.165, 1.54) is 6.42 Å². The Balaban J connectivity index is 0.894. The van der Waals surface area contributed by atoms with Crippen LogP contribution in [0.1, 0.15) is 112 Å².